The first kappa shape index (κ1) is 22.1. The minimum Gasteiger partial charge on any atom is -0.490 e. The van der Waals surface area contributed by atoms with E-state index in [2.05, 4.69) is 22.0 Å². The number of rotatable bonds is 8. The van der Waals surface area contributed by atoms with Crippen molar-refractivity contribution >= 4 is 33.3 Å². The Morgan fingerprint density at radius 1 is 1.10 bits per heavy atom. The molecule has 0 radical (unpaired) electrons. The van der Waals surface area contributed by atoms with Crippen molar-refractivity contribution < 1.29 is 14.4 Å². The summed E-state index contributed by atoms with van der Waals surface area (Å²) in [6.07, 6.45) is 1.66. The van der Waals surface area contributed by atoms with E-state index in [1.807, 2.05) is 37.3 Å². The molecule has 0 heterocycles. The molecule has 0 aliphatic carbocycles. The summed E-state index contributed by atoms with van der Waals surface area (Å²) < 4.78 is 12.4. The molecule has 3 aromatic carbocycles. The van der Waals surface area contributed by atoms with Gasteiger partial charge in [-0.05, 0) is 41.8 Å². The highest BCUT2D eigenvalue weighted by Gasteiger charge is 2.13. The second-order valence-electron chi connectivity index (χ2n) is 6.50. The molecule has 0 bridgehead atoms. The van der Waals surface area contributed by atoms with E-state index in [9.17, 15) is 15.4 Å². The van der Waals surface area contributed by atoms with Crippen molar-refractivity contribution in [3.05, 3.63) is 98.0 Å². The Morgan fingerprint density at radius 2 is 1.84 bits per heavy atom. The quantitative estimate of drug-likeness (QED) is 0.162. The Morgan fingerprint density at radius 3 is 2.52 bits per heavy atom. The topological polar surface area (TPSA) is 85.4 Å². The number of benzene rings is 3. The predicted octanol–water partition coefficient (Wildman–Crippen LogP) is 6.40. The smallest absolute Gasteiger partial charge is 0.270 e. The van der Waals surface area contributed by atoms with E-state index in [0.29, 0.717) is 45.9 Å². The first-order valence-corrected chi connectivity index (χ1v) is 10.3. The minimum atomic E-state index is -0.486. The number of ether oxygens (including phenoxy) is 2. The lowest BCUT2D eigenvalue weighted by atomic mass is 10.0. The SMILES string of the molecule is CCOc1cc(C=C(C#N)c2cccc([N+](=O)[O-])c2)c(Br)cc1OCc1ccccc1. The van der Waals surface area contributed by atoms with Crippen LogP contribution in [0.5, 0.6) is 11.5 Å². The standard InChI is InChI=1S/C24H19BrN2O4/c1-2-30-23-13-19(11-20(15-26)18-9-6-10-21(12-18)27(28)29)22(25)14-24(23)31-16-17-7-4-3-5-8-17/h3-14H,2,16H2,1H3. The average molecular weight is 479 g/mol. The summed E-state index contributed by atoms with van der Waals surface area (Å²) >= 11 is 3.53. The van der Waals surface area contributed by atoms with Crippen LogP contribution in [0.4, 0.5) is 5.69 Å². The van der Waals surface area contributed by atoms with Crippen LogP contribution >= 0.6 is 15.9 Å². The van der Waals surface area contributed by atoms with Crippen molar-refractivity contribution in [3.63, 3.8) is 0 Å². The lowest BCUT2D eigenvalue weighted by molar-refractivity contribution is -0.384. The second kappa shape index (κ2) is 10.4. The fraction of sp³-hybridized carbons (Fsp3) is 0.125. The Balaban J connectivity index is 1.95. The number of hydrogen-bond donors (Lipinski definition) is 0. The molecule has 0 spiro atoms. The third-order valence-electron chi connectivity index (χ3n) is 4.39. The van der Waals surface area contributed by atoms with Crippen molar-refractivity contribution in [2.75, 3.05) is 6.61 Å². The van der Waals surface area contributed by atoms with Crippen LogP contribution in [0.25, 0.3) is 11.6 Å². The summed E-state index contributed by atoms with van der Waals surface area (Å²) in [5.74, 6) is 1.12. The molecule has 3 rings (SSSR count). The summed E-state index contributed by atoms with van der Waals surface area (Å²) in [5, 5.41) is 20.7. The fourth-order valence-electron chi connectivity index (χ4n) is 2.90. The maximum Gasteiger partial charge on any atom is 0.270 e. The largest absolute Gasteiger partial charge is 0.490 e. The fourth-order valence-corrected chi connectivity index (χ4v) is 3.34. The lowest BCUT2D eigenvalue weighted by Crippen LogP contribution is -2.00. The molecule has 0 aromatic heterocycles. The van der Waals surface area contributed by atoms with E-state index in [1.54, 1.807) is 30.3 Å². The summed E-state index contributed by atoms with van der Waals surface area (Å²) in [4.78, 5) is 10.6. The first-order chi connectivity index (χ1) is 15.0. The van der Waals surface area contributed by atoms with E-state index in [4.69, 9.17) is 9.47 Å². The van der Waals surface area contributed by atoms with E-state index in [1.165, 1.54) is 12.1 Å². The molecule has 7 heteroatoms. The predicted molar refractivity (Wildman–Crippen MR) is 123 cm³/mol. The van der Waals surface area contributed by atoms with E-state index in [0.717, 1.165) is 5.56 Å². The Labute approximate surface area is 188 Å². The molecular formula is C24H19BrN2O4. The summed E-state index contributed by atoms with van der Waals surface area (Å²) in [6.45, 7) is 2.71. The Bertz CT molecular complexity index is 1150. The highest BCUT2D eigenvalue weighted by atomic mass is 79.9. The molecule has 0 aliphatic rings. The zero-order chi connectivity index (χ0) is 22.2. The van der Waals surface area contributed by atoms with Gasteiger partial charge in [-0.2, -0.15) is 5.26 Å². The molecule has 0 unspecified atom stereocenters. The number of nitriles is 1. The number of non-ortho nitro benzene ring substituents is 1. The molecule has 156 valence electrons. The molecular weight excluding hydrogens is 460 g/mol. The van der Waals surface area contributed by atoms with Crippen LogP contribution in [0.2, 0.25) is 0 Å². The van der Waals surface area contributed by atoms with Crippen molar-refractivity contribution in [1.29, 1.82) is 5.26 Å². The van der Waals surface area contributed by atoms with E-state index in [-0.39, 0.29) is 5.69 Å². The molecule has 0 aliphatic heterocycles. The van der Waals surface area contributed by atoms with Gasteiger partial charge in [0.15, 0.2) is 11.5 Å². The van der Waals surface area contributed by atoms with Gasteiger partial charge in [0.25, 0.3) is 5.69 Å². The van der Waals surface area contributed by atoms with Gasteiger partial charge < -0.3 is 9.47 Å². The molecule has 0 atom stereocenters. The number of allylic oxidation sites excluding steroid dienone is 1. The molecule has 0 saturated carbocycles. The van der Waals surface area contributed by atoms with Gasteiger partial charge in [0, 0.05) is 16.6 Å². The summed E-state index contributed by atoms with van der Waals surface area (Å²) in [6, 6.07) is 21.5. The van der Waals surface area contributed by atoms with Crippen LogP contribution in [0.3, 0.4) is 0 Å². The average Bonchev–Trinajstić information content (AvgIpc) is 2.79. The van der Waals surface area contributed by atoms with Crippen LogP contribution < -0.4 is 9.47 Å². The maximum atomic E-state index is 11.1. The molecule has 0 fully saturated rings. The number of nitro benzene ring substituents is 1. The van der Waals surface area contributed by atoms with Gasteiger partial charge in [-0.15, -0.1) is 0 Å². The van der Waals surface area contributed by atoms with Gasteiger partial charge in [0.1, 0.15) is 6.61 Å². The lowest BCUT2D eigenvalue weighted by Gasteiger charge is -2.14. The second-order valence-corrected chi connectivity index (χ2v) is 7.36. The van der Waals surface area contributed by atoms with Crippen molar-refractivity contribution in [2.45, 2.75) is 13.5 Å². The third kappa shape index (κ3) is 5.71. The van der Waals surface area contributed by atoms with Crippen LogP contribution in [-0.4, -0.2) is 11.5 Å². The number of nitrogens with zero attached hydrogens (tertiary/aromatic N) is 2. The van der Waals surface area contributed by atoms with E-state index < -0.39 is 4.92 Å². The van der Waals surface area contributed by atoms with Gasteiger partial charge in [-0.25, -0.2) is 0 Å². The van der Waals surface area contributed by atoms with E-state index >= 15 is 0 Å². The molecule has 3 aromatic rings. The number of nitro groups is 1. The van der Waals surface area contributed by atoms with Gasteiger partial charge in [0.2, 0.25) is 0 Å². The minimum absolute atomic E-state index is 0.0719. The van der Waals surface area contributed by atoms with Crippen molar-refractivity contribution in [3.8, 4) is 17.6 Å². The van der Waals surface area contributed by atoms with Crippen LogP contribution in [0.15, 0.2) is 71.2 Å². The zero-order valence-electron chi connectivity index (χ0n) is 16.7. The van der Waals surface area contributed by atoms with Crippen molar-refractivity contribution in [2.24, 2.45) is 0 Å². The first-order valence-electron chi connectivity index (χ1n) is 9.51. The summed E-state index contributed by atoms with van der Waals surface area (Å²) in [5.41, 5.74) is 2.41. The molecule has 0 saturated heterocycles. The monoisotopic (exact) mass is 478 g/mol. The highest BCUT2D eigenvalue weighted by molar-refractivity contribution is 9.10. The highest BCUT2D eigenvalue weighted by Crippen LogP contribution is 2.36. The Hall–Kier alpha value is -3.63. The molecule has 0 amide bonds. The number of hydrogen-bond acceptors (Lipinski definition) is 5. The number of halogens is 1. The maximum absolute atomic E-state index is 11.1. The van der Waals surface area contributed by atoms with Crippen LogP contribution in [0.1, 0.15) is 23.6 Å². The van der Waals surface area contributed by atoms with Gasteiger partial charge >= 0.3 is 0 Å². The normalized spacial score (nSPS) is 10.9. The Kier molecular flexibility index (Phi) is 7.41. The van der Waals surface area contributed by atoms with Crippen LogP contribution in [0, 0.1) is 21.4 Å². The molecule has 6 nitrogen and oxygen atoms in total. The van der Waals surface area contributed by atoms with Crippen molar-refractivity contribution in [1.82, 2.24) is 0 Å². The molecule has 31 heavy (non-hydrogen) atoms. The van der Waals surface area contributed by atoms with Crippen LogP contribution in [-0.2, 0) is 6.61 Å². The van der Waals surface area contributed by atoms with Gasteiger partial charge in [0.05, 0.1) is 23.2 Å². The zero-order valence-corrected chi connectivity index (χ0v) is 18.3. The summed E-state index contributed by atoms with van der Waals surface area (Å²) in [7, 11) is 0. The van der Waals surface area contributed by atoms with Gasteiger partial charge in [-0.3, -0.25) is 10.1 Å². The van der Waals surface area contributed by atoms with Gasteiger partial charge in [-0.1, -0.05) is 58.4 Å². The third-order valence-corrected chi connectivity index (χ3v) is 5.08. The molecule has 0 N–H and O–H groups in total.